The standard InChI is InChI=1S/C15H16BrN3S/c1-9-7-10(2)19-15(13(9)14(17)20)18-8-11-5-3-4-6-12(11)16/h3-7H,8H2,1-2H3,(H2,17,20)(H,18,19). The fourth-order valence-electron chi connectivity index (χ4n) is 2.10. The average molecular weight is 350 g/mol. The van der Waals surface area contributed by atoms with Crippen molar-refractivity contribution in [1.29, 1.82) is 0 Å². The van der Waals surface area contributed by atoms with E-state index in [2.05, 4.69) is 32.3 Å². The van der Waals surface area contributed by atoms with Crippen LogP contribution in [0.4, 0.5) is 5.82 Å². The minimum atomic E-state index is 0.365. The SMILES string of the molecule is Cc1cc(C)c(C(N)=S)c(NCc2ccccc2Br)n1. The molecule has 0 amide bonds. The zero-order valence-electron chi connectivity index (χ0n) is 11.4. The van der Waals surface area contributed by atoms with Gasteiger partial charge < -0.3 is 11.1 Å². The molecule has 0 bridgehead atoms. The molecule has 0 aliphatic rings. The third-order valence-corrected chi connectivity index (χ3v) is 3.97. The number of hydrogen-bond acceptors (Lipinski definition) is 3. The van der Waals surface area contributed by atoms with Gasteiger partial charge in [0.2, 0.25) is 0 Å². The van der Waals surface area contributed by atoms with Gasteiger partial charge in [-0.05, 0) is 37.1 Å². The summed E-state index contributed by atoms with van der Waals surface area (Å²) in [6.07, 6.45) is 0. The lowest BCUT2D eigenvalue weighted by Gasteiger charge is -2.14. The molecule has 2 rings (SSSR count). The fraction of sp³-hybridized carbons (Fsp3) is 0.200. The average Bonchev–Trinajstić information content (AvgIpc) is 2.36. The molecule has 1 heterocycles. The van der Waals surface area contributed by atoms with Crippen LogP contribution < -0.4 is 11.1 Å². The Morgan fingerprint density at radius 3 is 2.70 bits per heavy atom. The largest absolute Gasteiger partial charge is 0.389 e. The third kappa shape index (κ3) is 3.35. The topological polar surface area (TPSA) is 50.9 Å². The number of aromatic nitrogens is 1. The second kappa shape index (κ2) is 6.33. The summed E-state index contributed by atoms with van der Waals surface area (Å²) < 4.78 is 1.06. The van der Waals surface area contributed by atoms with Gasteiger partial charge in [0.05, 0.1) is 5.56 Å². The van der Waals surface area contributed by atoms with Crippen molar-refractivity contribution >= 4 is 39.0 Å². The summed E-state index contributed by atoms with van der Waals surface area (Å²) >= 11 is 8.66. The molecule has 2 aromatic rings. The van der Waals surface area contributed by atoms with Gasteiger partial charge in [-0.25, -0.2) is 4.98 Å². The summed E-state index contributed by atoms with van der Waals surface area (Å²) in [6, 6.07) is 10.0. The molecule has 0 saturated heterocycles. The van der Waals surface area contributed by atoms with Crippen LogP contribution in [0.3, 0.4) is 0 Å². The highest BCUT2D eigenvalue weighted by Gasteiger charge is 2.11. The smallest absolute Gasteiger partial charge is 0.137 e. The van der Waals surface area contributed by atoms with E-state index >= 15 is 0 Å². The van der Waals surface area contributed by atoms with Gasteiger partial charge >= 0.3 is 0 Å². The predicted molar refractivity (Wildman–Crippen MR) is 91.1 cm³/mol. The summed E-state index contributed by atoms with van der Waals surface area (Å²) in [6.45, 7) is 4.61. The highest BCUT2D eigenvalue weighted by atomic mass is 79.9. The Labute approximate surface area is 132 Å². The van der Waals surface area contributed by atoms with Crippen LogP contribution >= 0.6 is 28.1 Å². The second-order valence-electron chi connectivity index (χ2n) is 4.61. The van der Waals surface area contributed by atoms with E-state index in [1.165, 1.54) is 0 Å². The maximum Gasteiger partial charge on any atom is 0.137 e. The highest BCUT2D eigenvalue weighted by Crippen LogP contribution is 2.21. The first-order valence-corrected chi connectivity index (χ1v) is 7.44. The van der Waals surface area contributed by atoms with E-state index in [1.807, 2.05) is 38.1 Å². The number of anilines is 1. The summed E-state index contributed by atoms with van der Waals surface area (Å²) in [4.78, 5) is 4.87. The van der Waals surface area contributed by atoms with Crippen molar-refractivity contribution in [1.82, 2.24) is 4.98 Å². The number of hydrogen-bond donors (Lipinski definition) is 2. The Morgan fingerprint density at radius 2 is 2.05 bits per heavy atom. The number of benzene rings is 1. The molecule has 0 atom stereocenters. The van der Waals surface area contributed by atoms with Crippen LogP contribution in [0.2, 0.25) is 0 Å². The van der Waals surface area contributed by atoms with E-state index in [0.717, 1.165) is 32.7 Å². The molecule has 3 N–H and O–H groups in total. The minimum absolute atomic E-state index is 0.365. The quantitative estimate of drug-likeness (QED) is 0.826. The van der Waals surface area contributed by atoms with Crippen molar-refractivity contribution in [3.8, 4) is 0 Å². The molecule has 0 saturated carbocycles. The lowest BCUT2D eigenvalue weighted by molar-refractivity contribution is 1.07. The van der Waals surface area contributed by atoms with Crippen molar-refractivity contribution < 1.29 is 0 Å². The molecule has 3 nitrogen and oxygen atoms in total. The molecule has 0 radical (unpaired) electrons. The molecule has 5 heteroatoms. The molecule has 104 valence electrons. The van der Waals surface area contributed by atoms with Crippen molar-refractivity contribution in [2.75, 3.05) is 5.32 Å². The maximum absolute atomic E-state index is 5.81. The van der Waals surface area contributed by atoms with Crippen molar-refractivity contribution in [3.05, 3.63) is 57.2 Å². The Morgan fingerprint density at radius 1 is 1.35 bits per heavy atom. The molecule has 0 spiro atoms. The summed E-state index contributed by atoms with van der Waals surface area (Å²) in [5.74, 6) is 0.741. The zero-order valence-corrected chi connectivity index (χ0v) is 13.8. The number of pyridine rings is 1. The number of thiocarbonyl (C=S) groups is 1. The number of aryl methyl sites for hydroxylation is 2. The maximum atomic E-state index is 5.81. The van der Waals surface area contributed by atoms with Gasteiger partial charge in [-0.15, -0.1) is 0 Å². The van der Waals surface area contributed by atoms with Crippen LogP contribution in [0, 0.1) is 13.8 Å². The third-order valence-electron chi connectivity index (χ3n) is 3.00. The Hall–Kier alpha value is -1.46. The van der Waals surface area contributed by atoms with Gasteiger partial charge in [0.15, 0.2) is 0 Å². The Kier molecular flexibility index (Phi) is 4.73. The molecule has 0 aliphatic carbocycles. The first-order valence-electron chi connectivity index (χ1n) is 6.24. The van der Waals surface area contributed by atoms with Crippen LogP contribution in [0.1, 0.15) is 22.4 Å². The van der Waals surface area contributed by atoms with E-state index in [0.29, 0.717) is 11.5 Å². The highest BCUT2D eigenvalue weighted by molar-refractivity contribution is 9.10. The molecular formula is C15H16BrN3S. The number of rotatable bonds is 4. The van der Waals surface area contributed by atoms with E-state index in [4.69, 9.17) is 18.0 Å². The van der Waals surface area contributed by atoms with Crippen LogP contribution in [0.5, 0.6) is 0 Å². The fourth-order valence-corrected chi connectivity index (χ4v) is 2.78. The summed E-state index contributed by atoms with van der Waals surface area (Å²) in [5.41, 5.74) is 9.76. The lowest BCUT2D eigenvalue weighted by atomic mass is 10.1. The molecule has 0 aliphatic heterocycles. The number of nitrogens with one attached hydrogen (secondary N) is 1. The minimum Gasteiger partial charge on any atom is -0.389 e. The summed E-state index contributed by atoms with van der Waals surface area (Å²) in [5, 5.41) is 3.32. The second-order valence-corrected chi connectivity index (χ2v) is 5.91. The van der Waals surface area contributed by atoms with Crippen LogP contribution in [-0.4, -0.2) is 9.97 Å². The van der Waals surface area contributed by atoms with E-state index in [-0.39, 0.29) is 0 Å². The number of halogens is 1. The van der Waals surface area contributed by atoms with Gasteiger partial charge in [0.1, 0.15) is 10.8 Å². The molecular weight excluding hydrogens is 334 g/mol. The van der Waals surface area contributed by atoms with E-state index in [1.54, 1.807) is 0 Å². The van der Waals surface area contributed by atoms with Gasteiger partial charge in [-0.3, -0.25) is 0 Å². The normalized spacial score (nSPS) is 10.3. The van der Waals surface area contributed by atoms with Crippen LogP contribution in [-0.2, 0) is 6.54 Å². The Bertz CT molecular complexity index is 656. The number of nitrogens with zero attached hydrogens (tertiary/aromatic N) is 1. The monoisotopic (exact) mass is 349 g/mol. The van der Waals surface area contributed by atoms with Crippen molar-refractivity contribution in [3.63, 3.8) is 0 Å². The van der Waals surface area contributed by atoms with Gasteiger partial charge in [-0.1, -0.05) is 46.3 Å². The van der Waals surface area contributed by atoms with Crippen molar-refractivity contribution in [2.45, 2.75) is 20.4 Å². The van der Waals surface area contributed by atoms with E-state index in [9.17, 15) is 0 Å². The van der Waals surface area contributed by atoms with Crippen LogP contribution in [0.15, 0.2) is 34.8 Å². The lowest BCUT2D eigenvalue weighted by Crippen LogP contribution is -2.16. The zero-order chi connectivity index (χ0) is 14.7. The molecule has 20 heavy (non-hydrogen) atoms. The number of nitrogens with two attached hydrogens (primary N) is 1. The predicted octanol–water partition coefficient (Wildman–Crippen LogP) is 3.71. The summed E-state index contributed by atoms with van der Waals surface area (Å²) in [7, 11) is 0. The van der Waals surface area contributed by atoms with Crippen LogP contribution in [0.25, 0.3) is 0 Å². The first kappa shape index (κ1) is 14.9. The molecule has 1 aromatic carbocycles. The Balaban J connectivity index is 2.30. The van der Waals surface area contributed by atoms with Crippen molar-refractivity contribution in [2.24, 2.45) is 5.73 Å². The molecule has 0 unspecified atom stereocenters. The van der Waals surface area contributed by atoms with E-state index < -0.39 is 0 Å². The molecule has 0 fully saturated rings. The van der Waals surface area contributed by atoms with Gasteiger partial charge in [0, 0.05) is 16.7 Å². The van der Waals surface area contributed by atoms with Gasteiger partial charge in [-0.2, -0.15) is 0 Å². The molecule has 1 aromatic heterocycles. The van der Waals surface area contributed by atoms with Gasteiger partial charge in [0.25, 0.3) is 0 Å². The first-order chi connectivity index (χ1) is 9.49.